The zero-order valence-corrected chi connectivity index (χ0v) is 15.1. The van der Waals surface area contributed by atoms with Crippen LogP contribution in [0.25, 0.3) is 11.0 Å². The van der Waals surface area contributed by atoms with Crippen molar-refractivity contribution in [3.8, 4) is 0 Å². The predicted molar refractivity (Wildman–Crippen MR) is 97.1 cm³/mol. The van der Waals surface area contributed by atoms with Crippen molar-refractivity contribution in [2.75, 3.05) is 6.61 Å². The van der Waals surface area contributed by atoms with Crippen molar-refractivity contribution in [1.82, 2.24) is 9.55 Å². The van der Waals surface area contributed by atoms with E-state index in [9.17, 15) is 0 Å². The van der Waals surface area contributed by atoms with Crippen LogP contribution >= 0.6 is 0 Å². The third-order valence-electron chi connectivity index (χ3n) is 4.25. The summed E-state index contributed by atoms with van der Waals surface area (Å²) >= 11 is 0. The summed E-state index contributed by atoms with van der Waals surface area (Å²) < 4.78 is 2.31. The summed E-state index contributed by atoms with van der Waals surface area (Å²) in [6.07, 6.45) is 7.06. The summed E-state index contributed by atoms with van der Waals surface area (Å²) in [4.78, 5) is 9.79. The summed E-state index contributed by atoms with van der Waals surface area (Å²) in [6, 6.07) is 2.55. The first-order valence-corrected chi connectivity index (χ1v) is 8.22. The number of rotatable bonds is 6. The second-order valence-electron chi connectivity index (χ2n) is 6.06. The standard InChI is InChI=1S/C19H27N3O/c1-7-13(3)16(6)22-12-14(4)19-18(22)10-17(11-20-19)9-15(5)21-23-8-2/h7,10-12,16H,8-9H2,1-6H3. The van der Waals surface area contributed by atoms with Crippen molar-refractivity contribution in [2.24, 2.45) is 5.16 Å². The van der Waals surface area contributed by atoms with E-state index in [-0.39, 0.29) is 0 Å². The van der Waals surface area contributed by atoms with E-state index in [0.29, 0.717) is 12.6 Å². The predicted octanol–water partition coefficient (Wildman–Crippen LogP) is 4.83. The molecule has 0 saturated heterocycles. The monoisotopic (exact) mass is 313 g/mol. The molecule has 0 spiro atoms. The molecule has 0 radical (unpaired) electrons. The SMILES string of the molecule is CC=C(C)C(C)n1cc(C)c2ncc(CC(C)=NOCC)cc21. The van der Waals surface area contributed by atoms with Crippen LogP contribution < -0.4 is 0 Å². The first-order valence-electron chi connectivity index (χ1n) is 8.22. The first-order chi connectivity index (χ1) is 11.0. The maximum absolute atomic E-state index is 5.12. The van der Waals surface area contributed by atoms with Gasteiger partial charge in [-0.25, -0.2) is 0 Å². The van der Waals surface area contributed by atoms with Crippen LogP contribution in [0.3, 0.4) is 0 Å². The second-order valence-corrected chi connectivity index (χ2v) is 6.06. The molecule has 124 valence electrons. The van der Waals surface area contributed by atoms with Crippen LogP contribution in [-0.2, 0) is 11.3 Å². The Labute approximate surface area is 138 Å². The Balaban J connectivity index is 2.41. The van der Waals surface area contributed by atoms with Gasteiger partial charge in [0.15, 0.2) is 0 Å². The van der Waals surface area contributed by atoms with Crippen molar-refractivity contribution >= 4 is 16.7 Å². The lowest BCUT2D eigenvalue weighted by Crippen LogP contribution is -2.06. The van der Waals surface area contributed by atoms with Gasteiger partial charge in [-0.05, 0) is 58.7 Å². The first kappa shape index (κ1) is 17.3. The molecule has 0 aliphatic rings. The van der Waals surface area contributed by atoms with Crippen LogP contribution in [0, 0.1) is 6.92 Å². The smallest absolute Gasteiger partial charge is 0.114 e. The van der Waals surface area contributed by atoms with Crippen molar-refractivity contribution in [2.45, 2.75) is 54.0 Å². The maximum atomic E-state index is 5.12. The molecule has 0 aromatic carbocycles. The third-order valence-corrected chi connectivity index (χ3v) is 4.25. The topological polar surface area (TPSA) is 39.4 Å². The summed E-state index contributed by atoms with van der Waals surface area (Å²) in [7, 11) is 0. The number of fused-ring (bicyclic) bond motifs is 1. The minimum absolute atomic E-state index is 0.325. The van der Waals surface area contributed by atoms with Crippen LogP contribution in [0.1, 0.15) is 51.8 Å². The maximum Gasteiger partial charge on any atom is 0.114 e. The molecule has 1 unspecified atom stereocenters. The fraction of sp³-hybridized carbons (Fsp3) is 0.474. The lowest BCUT2D eigenvalue weighted by molar-refractivity contribution is 0.158. The molecule has 0 amide bonds. The molecular formula is C19H27N3O. The second kappa shape index (κ2) is 7.44. The van der Waals surface area contributed by atoms with E-state index in [0.717, 1.165) is 23.2 Å². The van der Waals surface area contributed by atoms with Gasteiger partial charge >= 0.3 is 0 Å². The Morgan fingerprint density at radius 1 is 1.43 bits per heavy atom. The van der Waals surface area contributed by atoms with Crippen LogP contribution in [0.15, 0.2) is 35.3 Å². The number of hydrogen-bond donors (Lipinski definition) is 0. The molecule has 0 aliphatic heterocycles. The quantitative estimate of drug-likeness (QED) is 0.435. The van der Waals surface area contributed by atoms with Crippen LogP contribution in [0.5, 0.6) is 0 Å². The molecule has 1 atom stereocenters. The van der Waals surface area contributed by atoms with Crippen molar-refractivity contribution in [3.63, 3.8) is 0 Å². The van der Waals surface area contributed by atoms with Crippen molar-refractivity contribution in [3.05, 3.63) is 41.2 Å². The van der Waals surface area contributed by atoms with Gasteiger partial charge < -0.3 is 9.40 Å². The number of oxime groups is 1. The Hall–Kier alpha value is -2.10. The average molecular weight is 313 g/mol. The Morgan fingerprint density at radius 3 is 2.83 bits per heavy atom. The molecule has 2 aromatic rings. The summed E-state index contributed by atoms with van der Waals surface area (Å²) in [5.74, 6) is 0. The van der Waals surface area contributed by atoms with E-state index in [2.05, 4.69) is 60.7 Å². The van der Waals surface area contributed by atoms with Crippen LogP contribution in [0.2, 0.25) is 0 Å². The molecule has 0 N–H and O–H groups in total. The summed E-state index contributed by atoms with van der Waals surface area (Å²) in [6.45, 7) is 13.1. The number of pyridine rings is 1. The third kappa shape index (κ3) is 3.81. The molecule has 4 nitrogen and oxygen atoms in total. The summed E-state index contributed by atoms with van der Waals surface area (Å²) in [5, 5.41) is 4.10. The normalized spacial score (nSPS) is 14.3. The number of aromatic nitrogens is 2. The number of nitrogens with zero attached hydrogens (tertiary/aromatic N) is 3. The highest BCUT2D eigenvalue weighted by molar-refractivity contribution is 5.86. The van der Waals surface area contributed by atoms with Gasteiger partial charge in [0.2, 0.25) is 0 Å². The molecule has 4 heteroatoms. The van der Waals surface area contributed by atoms with E-state index < -0.39 is 0 Å². The van der Waals surface area contributed by atoms with E-state index in [1.54, 1.807) is 0 Å². The van der Waals surface area contributed by atoms with Gasteiger partial charge in [-0.15, -0.1) is 0 Å². The van der Waals surface area contributed by atoms with Gasteiger partial charge in [-0.3, -0.25) is 4.98 Å². The van der Waals surface area contributed by atoms with Crippen molar-refractivity contribution in [1.29, 1.82) is 0 Å². The van der Waals surface area contributed by atoms with E-state index in [1.807, 2.05) is 20.0 Å². The van der Waals surface area contributed by atoms with E-state index >= 15 is 0 Å². The van der Waals surface area contributed by atoms with Crippen LogP contribution in [-0.4, -0.2) is 21.9 Å². The average Bonchev–Trinajstić information content (AvgIpc) is 2.87. The lowest BCUT2D eigenvalue weighted by atomic mass is 10.1. The number of allylic oxidation sites excluding steroid dienone is 2. The Kier molecular flexibility index (Phi) is 5.59. The van der Waals surface area contributed by atoms with Gasteiger partial charge in [0.05, 0.1) is 22.8 Å². The molecule has 23 heavy (non-hydrogen) atoms. The highest BCUT2D eigenvalue weighted by Crippen LogP contribution is 2.27. The fourth-order valence-corrected chi connectivity index (χ4v) is 2.71. The van der Waals surface area contributed by atoms with Crippen molar-refractivity contribution < 1.29 is 4.84 Å². The minimum Gasteiger partial charge on any atom is -0.396 e. The molecule has 0 aliphatic carbocycles. The van der Waals surface area contributed by atoms with Gasteiger partial charge in [-0.2, -0.15) is 0 Å². The lowest BCUT2D eigenvalue weighted by Gasteiger charge is -2.16. The van der Waals surface area contributed by atoms with Gasteiger partial charge in [0, 0.05) is 18.8 Å². The van der Waals surface area contributed by atoms with Gasteiger partial charge in [0.1, 0.15) is 6.61 Å². The molecule has 0 bridgehead atoms. The zero-order valence-electron chi connectivity index (χ0n) is 15.1. The molecule has 2 rings (SSSR count). The number of aryl methyl sites for hydroxylation is 1. The number of hydrogen-bond acceptors (Lipinski definition) is 3. The van der Waals surface area contributed by atoms with Gasteiger partial charge in [-0.1, -0.05) is 16.8 Å². The fourth-order valence-electron chi connectivity index (χ4n) is 2.71. The highest BCUT2D eigenvalue weighted by Gasteiger charge is 2.13. The Bertz CT molecular complexity index is 740. The highest BCUT2D eigenvalue weighted by atomic mass is 16.6. The molecule has 0 saturated carbocycles. The minimum atomic E-state index is 0.325. The van der Waals surface area contributed by atoms with Gasteiger partial charge in [0.25, 0.3) is 0 Å². The molecular weight excluding hydrogens is 286 g/mol. The molecule has 2 aromatic heterocycles. The van der Waals surface area contributed by atoms with E-state index in [1.165, 1.54) is 16.7 Å². The largest absolute Gasteiger partial charge is 0.396 e. The summed E-state index contributed by atoms with van der Waals surface area (Å²) in [5.41, 5.74) is 6.92. The molecule has 0 fully saturated rings. The van der Waals surface area contributed by atoms with Crippen LogP contribution in [0.4, 0.5) is 0 Å². The van der Waals surface area contributed by atoms with E-state index in [4.69, 9.17) is 4.84 Å². The Morgan fingerprint density at radius 2 is 2.17 bits per heavy atom. The zero-order chi connectivity index (χ0) is 17.0. The molecule has 2 heterocycles.